The molecule has 1 unspecified atom stereocenters. The number of rotatable bonds is 5. The number of anilines is 1. The first kappa shape index (κ1) is 14.4. The Balaban J connectivity index is 2.08. The Kier molecular flexibility index (Phi) is 4.64. The highest BCUT2D eigenvalue weighted by molar-refractivity contribution is 5.46. The van der Waals surface area contributed by atoms with Gasteiger partial charge in [0.25, 0.3) is 0 Å². The summed E-state index contributed by atoms with van der Waals surface area (Å²) < 4.78 is 5.24. The van der Waals surface area contributed by atoms with E-state index in [2.05, 4.69) is 29.2 Å². The average Bonchev–Trinajstić information content (AvgIpc) is 2.47. The Morgan fingerprint density at radius 3 is 2.40 bits per heavy atom. The van der Waals surface area contributed by atoms with E-state index in [1.807, 2.05) is 38.4 Å². The molecule has 3 heteroatoms. The number of nitrogens with two attached hydrogens (primary N) is 1. The van der Waals surface area contributed by atoms with Crippen LogP contribution in [0.15, 0.2) is 48.5 Å². The van der Waals surface area contributed by atoms with Gasteiger partial charge in [0.15, 0.2) is 0 Å². The summed E-state index contributed by atoms with van der Waals surface area (Å²) in [5, 5.41) is 0. The Morgan fingerprint density at radius 2 is 1.80 bits per heavy atom. The zero-order valence-corrected chi connectivity index (χ0v) is 12.3. The molecule has 1 atom stereocenters. The second-order valence-electron chi connectivity index (χ2n) is 5.15. The number of benzene rings is 2. The molecular weight excluding hydrogens is 248 g/mol. The van der Waals surface area contributed by atoms with Gasteiger partial charge in [-0.15, -0.1) is 0 Å². The van der Waals surface area contributed by atoms with Gasteiger partial charge in [0.05, 0.1) is 7.11 Å². The molecule has 3 nitrogen and oxygen atoms in total. The molecule has 0 heterocycles. The first-order valence-electron chi connectivity index (χ1n) is 6.76. The lowest BCUT2D eigenvalue weighted by Gasteiger charge is -2.15. The fourth-order valence-electron chi connectivity index (χ4n) is 2.17. The molecule has 2 rings (SSSR count). The Bertz CT molecular complexity index is 549. The van der Waals surface area contributed by atoms with Crippen molar-refractivity contribution < 1.29 is 4.74 Å². The standard InChI is InChI=1S/C17H22N2O/c1-19(2)15-9-7-13(8-10-15)11-17(18)14-5-4-6-16(12-14)20-3/h4-10,12,17H,11,18H2,1-3H3. The summed E-state index contributed by atoms with van der Waals surface area (Å²) in [5.74, 6) is 0.848. The number of ether oxygens (including phenoxy) is 1. The topological polar surface area (TPSA) is 38.5 Å². The highest BCUT2D eigenvalue weighted by atomic mass is 16.5. The van der Waals surface area contributed by atoms with E-state index >= 15 is 0 Å². The molecule has 0 amide bonds. The lowest BCUT2D eigenvalue weighted by molar-refractivity contribution is 0.414. The molecule has 0 fully saturated rings. The maximum atomic E-state index is 6.28. The van der Waals surface area contributed by atoms with E-state index in [9.17, 15) is 0 Å². The summed E-state index contributed by atoms with van der Waals surface area (Å²) in [7, 11) is 5.75. The van der Waals surface area contributed by atoms with Crippen molar-refractivity contribution in [1.29, 1.82) is 0 Å². The Morgan fingerprint density at radius 1 is 1.10 bits per heavy atom. The third-order valence-electron chi connectivity index (χ3n) is 3.43. The van der Waals surface area contributed by atoms with Gasteiger partial charge in [-0.1, -0.05) is 24.3 Å². The predicted molar refractivity (Wildman–Crippen MR) is 84.4 cm³/mol. The van der Waals surface area contributed by atoms with Crippen molar-refractivity contribution in [3.05, 3.63) is 59.7 Å². The molecule has 20 heavy (non-hydrogen) atoms. The minimum atomic E-state index is -0.0182. The first-order chi connectivity index (χ1) is 9.60. The van der Waals surface area contributed by atoms with Crippen molar-refractivity contribution in [2.75, 3.05) is 26.1 Å². The van der Waals surface area contributed by atoms with Crippen molar-refractivity contribution in [2.45, 2.75) is 12.5 Å². The van der Waals surface area contributed by atoms with Crippen molar-refractivity contribution in [3.63, 3.8) is 0 Å². The molecule has 0 aromatic heterocycles. The van der Waals surface area contributed by atoms with Gasteiger partial charge in [-0.05, 0) is 41.8 Å². The van der Waals surface area contributed by atoms with E-state index in [1.54, 1.807) is 7.11 Å². The third-order valence-corrected chi connectivity index (χ3v) is 3.43. The van der Waals surface area contributed by atoms with Gasteiger partial charge >= 0.3 is 0 Å². The number of methoxy groups -OCH3 is 1. The normalized spacial score (nSPS) is 12.0. The average molecular weight is 270 g/mol. The first-order valence-corrected chi connectivity index (χ1v) is 6.76. The van der Waals surface area contributed by atoms with E-state index in [1.165, 1.54) is 11.3 Å². The monoisotopic (exact) mass is 270 g/mol. The molecular formula is C17H22N2O. The van der Waals surface area contributed by atoms with E-state index in [4.69, 9.17) is 10.5 Å². The summed E-state index contributed by atoms with van der Waals surface area (Å²) in [6, 6.07) is 16.4. The van der Waals surface area contributed by atoms with Crippen LogP contribution >= 0.6 is 0 Å². The largest absolute Gasteiger partial charge is 0.497 e. The zero-order chi connectivity index (χ0) is 14.5. The molecule has 0 bridgehead atoms. The second-order valence-corrected chi connectivity index (χ2v) is 5.15. The third kappa shape index (κ3) is 3.52. The summed E-state index contributed by atoms with van der Waals surface area (Å²) in [6.45, 7) is 0. The molecule has 106 valence electrons. The van der Waals surface area contributed by atoms with Crippen LogP contribution < -0.4 is 15.4 Å². The Labute approximate surface area is 121 Å². The molecule has 0 aliphatic carbocycles. The predicted octanol–water partition coefficient (Wildman–Crippen LogP) is 3.00. The molecule has 0 spiro atoms. The molecule has 2 aromatic rings. The van der Waals surface area contributed by atoms with Gasteiger partial charge in [0.2, 0.25) is 0 Å². The number of hydrogen-bond donors (Lipinski definition) is 1. The second kappa shape index (κ2) is 6.44. The molecule has 0 saturated heterocycles. The molecule has 0 saturated carbocycles. The maximum absolute atomic E-state index is 6.28. The van der Waals surface area contributed by atoms with Gasteiger partial charge in [-0.25, -0.2) is 0 Å². The van der Waals surface area contributed by atoms with Crippen LogP contribution in [0.5, 0.6) is 5.75 Å². The van der Waals surface area contributed by atoms with Gasteiger partial charge in [-0.3, -0.25) is 0 Å². The van der Waals surface area contributed by atoms with Crippen molar-refractivity contribution in [3.8, 4) is 5.75 Å². The number of hydrogen-bond acceptors (Lipinski definition) is 3. The fourth-order valence-corrected chi connectivity index (χ4v) is 2.17. The fraction of sp³-hybridized carbons (Fsp3) is 0.294. The van der Waals surface area contributed by atoms with Crippen LogP contribution in [0.25, 0.3) is 0 Å². The summed E-state index contributed by atoms with van der Waals surface area (Å²) >= 11 is 0. The lowest BCUT2D eigenvalue weighted by Crippen LogP contribution is -2.13. The summed E-state index contributed by atoms with van der Waals surface area (Å²) in [6.07, 6.45) is 0.820. The summed E-state index contributed by atoms with van der Waals surface area (Å²) in [5.41, 5.74) is 9.82. The van der Waals surface area contributed by atoms with Crippen molar-refractivity contribution in [1.82, 2.24) is 0 Å². The maximum Gasteiger partial charge on any atom is 0.119 e. The lowest BCUT2D eigenvalue weighted by atomic mass is 9.99. The smallest absolute Gasteiger partial charge is 0.119 e. The van der Waals surface area contributed by atoms with Crippen LogP contribution in [0, 0.1) is 0 Å². The van der Waals surface area contributed by atoms with Crippen molar-refractivity contribution in [2.24, 2.45) is 5.73 Å². The quantitative estimate of drug-likeness (QED) is 0.907. The van der Waals surface area contributed by atoms with E-state index in [-0.39, 0.29) is 6.04 Å². The molecule has 0 aliphatic heterocycles. The highest BCUT2D eigenvalue weighted by Gasteiger charge is 2.08. The summed E-state index contributed by atoms with van der Waals surface area (Å²) in [4.78, 5) is 2.09. The van der Waals surface area contributed by atoms with Gasteiger partial charge in [-0.2, -0.15) is 0 Å². The highest BCUT2D eigenvalue weighted by Crippen LogP contribution is 2.21. The van der Waals surface area contributed by atoms with E-state index in [0.29, 0.717) is 0 Å². The van der Waals surface area contributed by atoms with E-state index < -0.39 is 0 Å². The molecule has 2 aromatic carbocycles. The minimum absolute atomic E-state index is 0.0182. The number of nitrogens with zero attached hydrogens (tertiary/aromatic N) is 1. The molecule has 0 radical (unpaired) electrons. The van der Waals surface area contributed by atoms with Crippen LogP contribution in [0.3, 0.4) is 0 Å². The molecule has 2 N–H and O–H groups in total. The van der Waals surface area contributed by atoms with Gasteiger partial charge in [0, 0.05) is 25.8 Å². The van der Waals surface area contributed by atoms with Crippen LogP contribution in [-0.4, -0.2) is 21.2 Å². The van der Waals surface area contributed by atoms with Gasteiger partial charge < -0.3 is 15.4 Å². The van der Waals surface area contributed by atoms with Crippen LogP contribution in [-0.2, 0) is 6.42 Å². The Hall–Kier alpha value is -2.00. The van der Waals surface area contributed by atoms with Crippen LogP contribution in [0.1, 0.15) is 17.2 Å². The van der Waals surface area contributed by atoms with Crippen LogP contribution in [0.4, 0.5) is 5.69 Å². The van der Waals surface area contributed by atoms with Crippen LogP contribution in [0.2, 0.25) is 0 Å². The molecule has 0 aliphatic rings. The minimum Gasteiger partial charge on any atom is -0.497 e. The van der Waals surface area contributed by atoms with Crippen molar-refractivity contribution >= 4 is 5.69 Å². The van der Waals surface area contributed by atoms with E-state index in [0.717, 1.165) is 17.7 Å². The van der Waals surface area contributed by atoms with Gasteiger partial charge in [0.1, 0.15) is 5.75 Å². The SMILES string of the molecule is COc1cccc(C(N)Cc2ccc(N(C)C)cc2)c1. The zero-order valence-electron chi connectivity index (χ0n) is 12.3.